The third kappa shape index (κ3) is 4.07. The maximum atomic E-state index is 5.49. The van der Waals surface area contributed by atoms with Crippen LogP contribution < -0.4 is 0 Å². The molecule has 0 bridgehead atoms. The Kier molecular flexibility index (Phi) is 5.37. The van der Waals surface area contributed by atoms with Gasteiger partial charge in [-0.05, 0) is 32.4 Å². The highest BCUT2D eigenvalue weighted by molar-refractivity contribution is 4.64. The molecular formula is C10H21NO. The summed E-state index contributed by atoms with van der Waals surface area (Å²) in [5.74, 6) is 0. The lowest BCUT2D eigenvalue weighted by molar-refractivity contribution is 0.109. The van der Waals surface area contributed by atoms with Crippen molar-refractivity contribution in [3.63, 3.8) is 0 Å². The normalized spacial score (nSPS) is 18.8. The first-order valence-electron chi connectivity index (χ1n) is 5.23. The Morgan fingerprint density at radius 2 is 1.92 bits per heavy atom. The van der Waals surface area contributed by atoms with Crippen molar-refractivity contribution in [1.82, 2.24) is 4.90 Å². The molecular weight excluding hydrogens is 150 g/mol. The van der Waals surface area contributed by atoms with Gasteiger partial charge in [-0.3, -0.25) is 0 Å². The molecule has 1 heterocycles. The van der Waals surface area contributed by atoms with E-state index in [9.17, 15) is 0 Å². The second-order valence-corrected chi connectivity index (χ2v) is 3.51. The highest BCUT2D eigenvalue weighted by Crippen LogP contribution is 2.05. The molecule has 12 heavy (non-hydrogen) atoms. The quantitative estimate of drug-likeness (QED) is 0.566. The highest BCUT2D eigenvalue weighted by atomic mass is 16.5. The van der Waals surface area contributed by atoms with Crippen molar-refractivity contribution in [3.8, 4) is 0 Å². The van der Waals surface area contributed by atoms with Crippen molar-refractivity contribution >= 4 is 0 Å². The Hall–Kier alpha value is -0.0800. The lowest BCUT2D eigenvalue weighted by Crippen LogP contribution is -2.24. The van der Waals surface area contributed by atoms with E-state index in [1.54, 1.807) is 0 Å². The number of nitrogens with zero attached hydrogens (tertiary/aromatic N) is 1. The molecule has 0 aromatic rings. The van der Waals surface area contributed by atoms with E-state index in [-0.39, 0.29) is 0 Å². The van der Waals surface area contributed by atoms with Crippen molar-refractivity contribution < 1.29 is 4.74 Å². The fourth-order valence-electron chi connectivity index (χ4n) is 1.55. The van der Waals surface area contributed by atoms with Gasteiger partial charge >= 0.3 is 0 Å². The summed E-state index contributed by atoms with van der Waals surface area (Å²) in [5.41, 5.74) is 0. The summed E-state index contributed by atoms with van der Waals surface area (Å²) >= 11 is 0. The molecule has 1 aliphatic heterocycles. The SMILES string of the molecule is CCCCOCCN1CCCC1. The average molecular weight is 171 g/mol. The molecule has 2 nitrogen and oxygen atoms in total. The third-order valence-corrected chi connectivity index (χ3v) is 2.39. The van der Waals surface area contributed by atoms with E-state index in [0.29, 0.717) is 0 Å². The molecule has 0 amide bonds. The predicted octanol–water partition coefficient (Wildman–Crippen LogP) is 1.90. The molecule has 0 radical (unpaired) electrons. The maximum Gasteiger partial charge on any atom is 0.0593 e. The number of hydrogen-bond acceptors (Lipinski definition) is 2. The van der Waals surface area contributed by atoms with Gasteiger partial charge in [-0.1, -0.05) is 13.3 Å². The van der Waals surface area contributed by atoms with Crippen LogP contribution in [0.1, 0.15) is 32.6 Å². The largest absolute Gasteiger partial charge is 0.380 e. The van der Waals surface area contributed by atoms with Crippen molar-refractivity contribution in [1.29, 1.82) is 0 Å². The zero-order valence-corrected chi connectivity index (χ0v) is 8.22. The Labute approximate surface area is 75.9 Å². The zero-order valence-electron chi connectivity index (χ0n) is 8.22. The van der Waals surface area contributed by atoms with Crippen LogP contribution in [0.15, 0.2) is 0 Å². The maximum absolute atomic E-state index is 5.49. The number of rotatable bonds is 6. The summed E-state index contributed by atoms with van der Waals surface area (Å²) in [6.45, 7) is 7.80. The van der Waals surface area contributed by atoms with Crippen LogP contribution in [0.25, 0.3) is 0 Å². The molecule has 0 N–H and O–H groups in total. The van der Waals surface area contributed by atoms with Gasteiger partial charge in [-0.15, -0.1) is 0 Å². The van der Waals surface area contributed by atoms with Crippen LogP contribution in [-0.4, -0.2) is 37.7 Å². The first-order chi connectivity index (χ1) is 5.93. The third-order valence-electron chi connectivity index (χ3n) is 2.39. The smallest absolute Gasteiger partial charge is 0.0593 e. The van der Waals surface area contributed by atoms with E-state index in [0.717, 1.165) is 19.8 Å². The van der Waals surface area contributed by atoms with Crippen LogP contribution in [0, 0.1) is 0 Å². The van der Waals surface area contributed by atoms with E-state index in [1.165, 1.54) is 38.8 Å². The van der Waals surface area contributed by atoms with Crippen LogP contribution >= 0.6 is 0 Å². The van der Waals surface area contributed by atoms with E-state index >= 15 is 0 Å². The Balaban J connectivity index is 1.81. The molecule has 0 aromatic heterocycles. The monoisotopic (exact) mass is 171 g/mol. The second kappa shape index (κ2) is 6.44. The van der Waals surface area contributed by atoms with Crippen molar-refractivity contribution in [2.24, 2.45) is 0 Å². The van der Waals surface area contributed by atoms with Gasteiger partial charge in [0.05, 0.1) is 6.61 Å². The summed E-state index contributed by atoms with van der Waals surface area (Å²) in [7, 11) is 0. The zero-order chi connectivity index (χ0) is 8.65. The molecule has 0 aromatic carbocycles. The number of likely N-dealkylation sites (tertiary alicyclic amines) is 1. The van der Waals surface area contributed by atoms with Crippen LogP contribution in [0.2, 0.25) is 0 Å². The first-order valence-corrected chi connectivity index (χ1v) is 5.23. The summed E-state index contributed by atoms with van der Waals surface area (Å²) in [6, 6.07) is 0. The van der Waals surface area contributed by atoms with Crippen molar-refractivity contribution in [3.05, 3.63) is 0 Å². The molecule has 0 atom stereocenters. The van der Waals surface area contributed by atoms with Gasteiger partial charge in [-0.25, -0.2) is 0 Å². The number of hydrogen-bond donors (Lipinski definition) is 0. The lowest BCUT2D eigenvalue weighted by atomic mass is 10.4. The van der Waals surface area contributed by atoms with Crippen molar-refractivity contribution in [2.75, 3.05) is 32.8 Å². The Bertz CT molecular complexity index is 100. The van der Waals surface area contributed by atoms with Crippen LogP contribution in [-0.2, 0) is 4.74 Å². The average Bonchev–Trinajstić information content (AvgIpc) is 2.57. The molecule has 0 unspecified atom stereocenters. The van der Waals surface area contributed by atoms with Gasteiger partial charge in [0.1, 0.15) is 0 Å². The van der Waals surface area contributed by atoms with E-state index in [4.69, 9.17) is 4.74 Å². The number of unbranched alkanes of at least 4 members (excludes halogenated alkanes) is 1. The molecule has 1 aliphatic rings. The minimum atomic E-state index is 0.931. The minimum absolute atomic E-state index is 0.931. The van der Waals surface area contributed by atoms with Crippen LogP contribution in [0.5, 0.6) is 0 Å². The van der Waals surface area contributed by atoms with Gasteiger partial charge in [0.2, 0.25) is 0 Å². The van der Waals surface area contributed by atoms with Crippen LogP contribution in [0.3, 0.4) is 0 Å². The molecule has 0 saturated carbocycles. The molecule has 1 fully saturated rings. The molecule has 1 rings (SSSR count). The van der Waals surface area contributed by atoms with E-state index in [1.807, 2.05) is 0 Å². The molecule has 1 saturated heterocycles. The van der Waals surface area contributed by atoms with Gasteiger partial charge in [0.25, 0.3) is 0 Å². The predicted molar refractivity (Wildman–Crippen MR) is 51.4 cm³/mol. The first kappa shape index (κ1) is 10.0. The molecule has 72 valence electrons. The second-order valence-electron chi connectivity index (χ2n) is 3.51. The highest BCUT2D eigenvalue weighted by Gasteiger charge is 2.09. The summed E-state index contributed by atoms with van der Waals surface area (Å²) in [4.78, 5) is 2.49. The molecule has 0 aliphatic carbocycles. The van der Waals surface area contributed by atoms with Gasteiger partial charge in [0, 0.05) is 13.2 Å². The molecule has 2 heteroatoms. The fourth-order valence-corrected chi connectivity index (χ4v) is 1.55. The lowest BCUT2D eigenvalue weighted by Gasteiger charge is -2.13. The molecule has 0 spiro atoms. The van der Waals surface area contributed by atoms with E-state index in [2.05, 4.69) is 11.8 Å². The van der Waals surface area contributed by atoms with E-state index < -0.39 is 0 Å². The minimum Gasteiger partial charge on any atom is -0.380 e. The summed E-state index contributed by atoms with van der Waals surface area (Å²) < 4.78 is 5.49. The van der Waals surface area contributed by atoms with Gasteiger partial charge in [-0.2, -0.15) is 0 Å². The Morgan fingerprint density at radius 1 is 1.17 bits per heavy atom. The van der Waals surface area contributed by atoms with Crippen molar-refractivity contribution in [2.45, 2.75) is 32.6 Å². The topological polar surface area (TPSA) is 12.5 Å². The number of ether oxygens (including phenoxy) is 1. The fraction of sp³-hybridized carbons (Fsp3) is 1.00. The van der Waals surface area contributed by atoms with Gasteiger partial charge < -0.3 is 9.64 Å². The van der Waals surface area contributed by atoms with Gasteiger partial charge in [0.15, 0.2) is 0 Å². The Morgan fingerprint density at radius 3 is 2.58 bits per heavy atom. The standard InChI is InChI=1S/C10H21NO/c1-2-3-9-12-10-8-11-6-4-5-7-11/h2-10H2,1H3. The van der Waals surface area contributed by atoms with Crippen LogP contribution in [0.4, 0.5) is 0 Å². The summed E-state index contributed by atoms with van der Waals surface area (Å²) in [6.07, 6.45) is 5.22. The summed E-state index contributed by atoms with van der Waals surface area (Å²) in [5, 5.41) is 0.